The number of hydrogen-bond acceptors (Lipinski definition) is 3. The minimum absolute atomic E-state index is 0.502. The van der Waals surface area contributed by atoms with E-state index in [0.717, 1.165) is 21.4 Å². The van der Waals surface area contributed by atoms with E-state index < -0.39 is 0 Å². The lowest BCUT2D eigenvalue weighted by Gasteiger charge is -2.07. The number of aromatic nitrogens is 2. The molecule has 100 valence electrons. The van der Waals surface area contributed by atoms with Crippen LogP contribution in [0.1, 0.15) is 5.56 Å². The van der Waals surface area contributed by atoms with Gasteiger partial charge < -0.3 is 10.5 Å². The lowest BCUT2D eigenvalue weighted by Crippen LogP contribution is -2.11. The molecule has 0 saturated heterocycles. The first-order chi connectivity index (χ1) is 9.13. The van der Waals surface area contributed by atoms with Gasteiger partial charge in [0.2, 0.25) is 0 Å². The third-order valence-electron chi connectivity index (χ3n) is 2.49. The number of nitrogens with two attached hydrogens (primary N) is 1. The first kappa shape index (κ1) is 14.3. The molecule has 0 spiro atoms. The summed E-state index contributed by atoms with van der Waals surface area (Å²) in [7, 11) is 0. The molecule has 0 aliphatic carbocycles. The number of nitrogens with zero attached hydrogens (tertiary/aromatic N) is 2. The van der Waals surface area contributed by atoms with Gasteiger partial charge in [0.05, 0.1) is 21.3 Å². The molecule has 1 aromatic carbocycles. The van der Waals surface area contributed by atoms with Crippen LogP contribution in [-0.2, 0) is 13.0 Å². The Kier molecular flexibility index (Phi) is 5.15. The molecule has 1 heterocycles. The topological polar surface area (TPSA) is 53.1 Å². The smallest absolute Gasteiger partial charge is 0.119 e. The molecule has 0 fully saturated rings. The maximum atomic E-state index is 5.65. The van der Waals surface area contributed by atoms with Gasteiger partial charge in [-0.1, -0.05) is 24.4 Å². The Bertz CT molecular complexity index is 553. The van der Waals surface area contributed by atoms with Gasteiger partial charge in [0.25, 0.3) is 0 Å². The van der Waals surface area contributed by atoms with E-state index in [1.165, 1.54) is 0 Å². The van der Waals surface area contributed by atoms with E-state index in [0.29, 0.717) is 18.0 Å². The molecular weight excluding hydrogens is 373 g/mol. The number of thiocarbonyl (C=S) groups is 1. The second kappa shape index (κ2) is 6.85. The fourth-order valence-electron chi connectivity index (χ4n) is 1.62. The molecule has 0 radical (unpaired) electrons. The second-order valence-corrected chi connectivity index (χ2v) is 5.83. The van der Waals surface area contributed by atoms with E-state index in [2.05, 4.69) is 27.7 Å². The Morgan fingerprint density at radius 2 is 2.11 bits per heavy atom. The van der Waals surface area contributed by atoms with Crippen molar-refractivity contribution in [1.82, 2.24) is 9.78 Å². The van der Waals surface area contributed by atoms with Gasteiger partial charge in [0.1, 0.15) is 12.4 Å². The number of ether oxygens (including phenoxy) is 1. The molecule has 4 nitrogen and oxygen atoms in total. The van der Waals surface area contributed by atoms with Gasteiger partial charge >= 0.3 is 0 Å². The maximum Gasteiger partial charge on any atom is 0.119 e. The second-order valence-electron chi connectivity index (χ2n) is 4.06. The molecule has 1 aromatic heterocycles. The number of hydrogen-bond donors (Lipinski definition) is 1. The first-order valence-electron chi connectivity index (χ1n) is 5.81. The molecule has 2 aromatic rings. The van der Waals surface area contributed by atoms with Crippen LogP contribution in [0.15, 0.2) is 36.7 Å². The van der Waals surface area contributed by atoms with Crippen molar-refractivity contribution in [2.45, 2.75) is 13.0 Å². The van der Waals surface area contributed by atoms with Crippen molar-refractivity contribution in [2.24, 2.45) is 5.73 Å². The number of halogens is 1. The van der Waals surface area contributed by atoms with Crippen molar-refractivity contribution >= 4 is 39.8 Å². The molecule has 0 saturated carbocycles. The zero-order valence-electron chi connectivity index (χ0n) is 10.3. The van der Waals surface area contributed by atoms with Gasteiger partial charge in [-0.05, 0) is 40.3 Å². The minimum atomic E-state index is 0.502. The highest BCUT2D eigenvalue weighted by Gasteiger charge is 1.99. The molecule has 19 heavy (non-hydrogen) atoms. The Morgan fingerprint density at radius 3 is 2.68 bits per heavy atom. The molecular formula is C13H14IN3OS. The lowest BCUT2D eigenvalue weighted by atomic mass is 10.1. The molecule has 0 unspecified atom stereocenters. The fraction of sp³-hybridized carbons (Fsp3) is 0.231. The zero-order chi connectivity index (χ0) is 13.7. The minimum Gasteiger partial charge on any atom is -0.492 e. The zero-order valence-corrected chi connectivity index (χ0v) is 13.2. The summed E-state index contributed by atoms with van der Waals surface area (Å²) in [5.74, 6) is 0.841. The summed E-state index contributed by atoms with van der Waals surface area (Å²) in [6, 6.07) is 7.82. The summed E-state index contributed by atoms with van der Waals surface area (Å²) < 4.78 is 8.64. The van der Waals surface area contributed by atoms with Crippen LogP contribution >= 0.6 is 34.8 Å². The number of benzene rings is 1. The van der Waals surface area contributed by atoms with Crippen molar-refractivity contribution in [3.8, 4) is 5.75 Å². The largest absolute Gasteiger partial charge is 0.492 e. The molecule has 0 atom stereocenters. The van der Waals surface area contributed by atoms with Gasteiger partial charge in [0, 0.05) is 12.6 Å². The first-order valence-corrected chi connectivity index (χ1v) is 7.30. The van der Waals surface area contributed by atoms with Crippen LogP contribution < -0.4 is 10.5 Å². The van der Waals surface area contributed by atoms with Gasteiger partial charge in [-0.15, -0.1) is 0 Å². The van der Waals surface area contributed by atoms with Crippen LogP contribution in [0.3, 0.4) is 0 Å². The van der Waals surface area contributed by atoms with Crippen molar-refractivity contribution in [3.63, 3.8) is 0 Å². The van der Waals surface area contributed by atoms with Crippen LogP contribution in [0.4, 0.5) is 0 Å². The van der Waals surface area contributed by atoms with Crippen LogP contribution in [0.25, 0.3) is 0 Å². The summed E-state index contributed by atoms with van der Waals surface area (Å²) >= 11 is 7.10. The fourth-order valence-corrected chi connectivity index (χ4v) is 2.24. The van der Waals surface area contributed by atoms with E-state index >= 15 is 0 Å². The monoisotopic (exact) mass is 387 g/mol. The van der Waals surface area contributed by atoms with Crippen molar-refractivity contribution in [2.75, 3.05) is 6.61 Å². The molecule has 2 N–H and O–H groups in total. The van der Waals surface area contributed by atoms with Crippen LogP contribution in [0.2, 0.25) is 0 Å². The Balaban J connectivity index is 1.81. The average Bonchev–Trinajstić information content (AvgIpc) is 2.77. The Hall–Kier alpha value is -1.15. The summed E-state index contributed by atoms with van der Waals surface area (Å²) in [5, 5.41) is 4.19. The maximum absolute atomic E-state index is 5.65. The summed E-state index contributed by atoms with van der Waals surface area (Å²) in [6.07, 6.45) is 4.43. The van der Waals surface area contributed by atoms with Crippen LogP contribution in [-0.4, -0.2) is 21.4 Å². The quantitative estimate of drug-likeness (QED) is 0.611. The van der Waals surface area contributed by atoms with E-state index in [1.54, 1.807) is 0 Å². The number of rotatable bonds is 6. The predicted molar refractivity (Wildman–Crippen MR) is 87.4 cm³/mol. The summed E-state index contributed by atoms with van der Waals surface area (Å²) in [6.45, 7) is 1.32. The highest BCUT2D eigenvalue weighted by Crippen LogP contribution is 2.12. The third kappa shape index (κ3) is 4.79. The van der Waals surface area contributed by atoms with E-state index in [9.17, 15) is 0 Å². The van der Waals surface area contributed by atoms with Crippen molar-refractivity contribution < 1.29 is 4.74 Å². The SMILES string of the molecule is NC(=S)Cc1ccc(OCCn2cc(I)cn2)cc1. The van der Waals surface area contributed by atoms with Crippen molar-refractivity contribution in [3.05, 3.63) is 45.8 Å². The van der Waals surface area contributed by atoms with E-state index in [1.807, 2.05) is 41.3 Å². The highest BCUT2D eigenvalue weighted by atomic mass is 127. The lowest BCUT2D eigenvalue weighted by molar-refractivity contribution is 0.291. The standard InChI is InChI=1S/C13H14IN3OS/c14-11-8-16-17(9-11)5-6-18-12-3-1-10(2-4-12)7-13(15)19/h1-4,8-9H,5-7H2,(H2,15,19). The molecule has 0 bridgehead atoms. The van der Waals surface area contributed by atoms with E-state index in [-0.39, 0.29) is 0 Å². The summed E-state index contributed by atoms with van der Waals surface area (Å²) in [4.78, 5) is 0.502. The predicted octanol–water partition coefficient (Wildman–Crippen LogP) is 2.40. The molecule has 2 rings (SSSR count). The van der Waals surface area contributed by atoms with Gasteiger partial charge in [0.15, 0.2) is 0 Å². The van der Waals surface area contributed by atoms with Crippen LogP contribution in [0.5, 0.6) is 5.75 Å². The van der Waals surface area contributed by atoms with Gasteiger partial charge in [-0.25, -0.2) is 0 Å². The molecule has 0 amide bonds. The highest BCUT2D eigenvalue weighted by molar-refractivity contribution is 14.1. The normalized spacial score (nSPS) is 10.4. The summed E-state index contributed by atoms with van der Waals surface area (Å²) in [5.41, 5.74) is 6.60. The van der Waals surface area contributed by atoms with Gasteiger partial charge in [-0.3, -0.25) is 4.68 Å². The molecule has 0 aliphatic heterocycles. The Labute approximate surface area is 131 Å². The third-order valence-corrected chi connectivity index (χ3v) is 3.19. The van der Waals surface area contributed by atoms with Gasteiger partial charge in [-0.2, -0.15) is 5.10 Å². The average molecular weight is 387 g/mol. The Morgan fingerprint density at radius 1 is 1.37 bits per heavy atom. The molecule has 0 aliphatic rings. The van der Waals surface area contributed by atoms with Crippen LogP contribution in [0, 0.1) is 3.57 Å². The molecule has 6 heteroatoms. The van der Waals surface area contributed by atoms with E-state index in [4.69, 9.17) is 22.7 Å². The van der Waals surface area contributed by atoms with Crippen molar-refractivity contribution in [1.29, 1.82) is 0 Å².